The summed E-state index contributed by atoms with van der Waals surface area (Å²) in [7, 11) is 0. The van der Waals surface area contributed by atoms with E-state index in [1.807, 2.05) is 0 Å². The molecule has 16 heavy (non-hydrogen) atoms. The molecule has 88 valence electrons. The normalized spacial score (nSPS) is 17.6. The average Bonchev–Trinajstić information content (AvgIpc) is 2.55. The highest BCUT2D eigenvalue weighted by molar-refractivity contribution is 5.39. The number of hydrogen-bond donors (Lipinski definition) is 0. The molecule has 1 aromatic heterocycles. The van der Waals surface area contributed by atoms with Crippen molar-refractivity contribution < 1.29 is 9.66 Å². The first kappa shape index (κ1) is 11.1. The summed E-state index contributed by atoms with van der Waals surface area (Å²) in [4.78, 5) is 10.5. The zero-order chi connectivity index (χ0) is 11.7. The van der Waals surface area contributed by atoms with Gasteiger partial charge in [0.05, 0.1) is 11.0 Å². The SMILES string of the molecule is Cc1nn(C2CCOCC2)c(C)c1[N+](=O)[O-]. The quantitative estimate of drug-likeness (QED) is 0.568. The summed E-state index contributed by atoms with van der Waals surface area (Å²) < 4.78 is 7.06. The van der Waals surface area contributed by atoms with Crippen molar-refractivity contribution in [2.24, 2.45) is 0 Å². The van der Waals surface area contributed by atoms with E-state index >= 15 is 0 Å². The van der Waals surface area contributed by atoms with E-state index in [9.17, 15) is 10.1 Å². The summed E-state index contributed by atoms with van der Waals surface area (Å²) in [6.45, 7) is 4.85. The molecule has 0 unspecified atom stereocenters. The van der Waals surface area contributed by atoms with E-state index in [1.54, 1.807) is 18.5 Å². The minimum absolute atomic E-state index is 0.145. The predicted molar refractivity (Wildman–Crippen MR) is 57.4 cm³/mol. The van der Waals surface area contributed by atoms with Gasteiger partial charge < -0.3 is 4.74 Å². The van der Waals surface area contributed by atoms with Crippen molar-refractivity contribution in [1.82, 2.24) is 9.78 Å². The van der Waals surface area contributed by atoms with E-state index in [2.05, 4.69) is 5.10 Å². The standard InChI is InChI=1S/C10H15N3O3/c1-7-10(13(14)15)8(2)12(11-7)9-3-5-16-6-4-9/h9H,3-6H2,1-2H3. The Morgan fingerprint density at radius 3 is 2.56 bits per heavy atom. The Morgan fingerprint density at radius 2 is 2.06 bits per heavy atom. The molecule has 6 heteroatoms. The fraction of sp³-hybridized carbons (Fsp3) is 0.700. The molecular weight excluding hydrogens is 210 g/mol. The van der Waals surface area contributed by atoms with Gasteiger partial charge in [-0.15, -0.1) is 0 Å². The topological polar surface area (TPSA) is 70.2 Å². The summed E-state index contributed by atoms with van der Waals surface area (Å²) >= 11 is 0. The van der Waals surface area contributed by atoms with Crippen molar-refractivity contribution in [2.75, 3.05) is 13.2 Å². The predicted octanol–water partition coefficient (Wildman–Crippen LogP) is 1.76. The number of nitrogens with zero attached hydrogens (tertiary/aromatic N) is 3. The van der Waals surface area contributed by atoms with E-state index in [-0.39, 0.29) is 16.7 Å². The number of aryl methyl sites for hydroxylation is 1. The molecule has 0 spiro atoms. The largest absolute Gasteiger partial charge is 0.381 e. The maximum atomic E-state index is 10.9. The van der Waals surface area contributed by atoms with Crippen LogP contribution < -0.4 is 0 Å². The van der Waals surface area contributed by atoms with Crippen LogP contribution in [-0.2, 0) is 4.74 Å². The lowest BCUT2D eigenvalue weighted by Crippen LogP contribution is -2.21. The third kappa shape index (κ3) is 1.80. The summed E-state index contributed by atoms with van der Waals surface area (Å²) in [5.41, 5.74) is 1.29. The van der Waals surface area contributed by atoms with Gasteiger partial charge in [-0.05, 0) is 26.7 Å². The zero-order valence-corrected chi connectivity index (χ0v) is 9.47. The van der Waals surface area contributed by atoms with Crippen molar-refractivity contribution in [2.45, 2.75) is 32.7 Å². The smallest absolute Gasteiger partial charge is 0.312 e. The van der Waals surface area contributed by atoms with E-state index in [1.165, 1.54) is 0 Å². The maximum absolute atomic E-state index is 10.9. The van der Waals surface area contributed by atoms with Gasteiger partial charge in [-0.2, -0.15) is 5.10 Å². The molecule has 1 aliphatic rings. The molecule has 0 atom stereocenters. The van der Waals surface area contributed by atoms with Crippen LogP contribution in [0, 0.1) is 24.0 Å². The Hall–Kier alpha value is -1.43. The lowest BCUT2D eigenvalue weighted by atomic mass is 10.1. The molecule has 2 heterocycles. The molecule has 0 radical (unpaired) electrons. The minimum atomic E-state index is -0.354. The van der Waals surface area contributed by atoms with Gasteiger partial charge in [0.2, 0.25) is 0 Å². The van der Waals surface area contributed by atoms with Crippen LogP contribution in [0.2, 0.25) is 0 Å². The first-order valence-electron chi connectivity index (χ1n) is 5.39. The molecule has 1 saturated heterocycles. The fourth-order valence-corrected chi connectivity index (χ4v) is 2.20. The van der Waals surface area contributed by atoms with Crippen molar-refractivity contribution in [3.63, 3.8) is 0 Å². The van der Waals surface area contributed by atoms with Gasteiger partial charge in [-0.25, -0.2) is 0 Å². The molecule has 0 aromatic carbocycles. The maximum Gasteiger partial charge on any atom is 0.312 e. The van der Waals surface area contributed by atoms with Crippen LogP contribution in [0.3, 0.4) is 0 Å². The molecule has 0 amide bonds. The fourth-order valence-electron chi connectivity index (χ4n) is 2.20. The van der Waals surface area contributed by atoms with Crippen molar-refractivity contribution >= 4 is 5.69 Å². The highest BCUT2D eigenvalue weighted by Crippen LogP contribution is 2.28. The molecule has 1 fully saturated rings. The zero-order valence-electron chi connectivity index (χ0n) is 9.47. The molecule has 1 aliphatic heterocycles. The van der Waals surface area contributed by atoms with E-state index < -0.39 is 0 Å². The van der Waals surface area contributed by atoms with Gasteiger partial charge in [0, 0.05) is 13.2 Å². The van der Waals surface area contributed by atoms with E-state index in [4.69, 9.17) is 4.74 Å². The molecule has 0 saturated carbocycles. The van der Waals surface area contributed by atoms with Crippen LogP contribution in [0.15, 0.2) is 0 Å². The van der Waals surface area contributed by atoms with Gasteiger partial charge in [0.1, 0.15) is 11.4 Å². The molecule has 6 nitrogen and oxygen atoms in total. The molecule has 0 bridgehead atoms. The van der Waals surface area contributed by atoms with Gasteiger partial charge >= 0.3 is 5.69 Å². The number of rotatable bonds is 2. The Bertz CT molecular complexity index is 408. The van der Waals surface area contributed by atoms with Gasteiger partial charge in [-0.3, -0.25) is 14.8 Å². The average molecular weight is 225 g/mol. The summed E-state index contributed by atoms with van der Waals surface area (Å²) in [5, 5.41) is 15.1. The Morgan fingerprint density at radius 1 is 1.44 bits per heavy atom. The second kappa shape index (κ2) is 4.21. The molecule has 2 rings (SSSR count). The lowest BCUT2D eigenvalue weighted by molar-refractivity contribution is -0.386. The van der Waals surface area contributed by atoms with Crippen LogP contribution in [0.5, 0.6) is 0 Å². The third-order valence-electron chi connectivity index (χ3n) is 3.01. The molecular formula is C10H15N3O3. The van der Waals surface area contributed by atoms with Crippen molar-refractivity contribution in [3.8, 4) is 0 Å². The summed E-state index contributed by atoms with van der Waals surface area (Å²) in [6.07, 6.45) is 1.75. The second-order valence-electron chi connectivity index (χ2n) is 4.06. The lowest BCUT2D eigenvalue weighted by Gasteiger charge is -2.23. The van der Waals surface area contributed by atoms with Crippen LogP contribution in [0.4, 0.5) is 5.69 Å². The van der Waals surface area contributed by atoms with Crippen LogP contribution in [0.25, 0.3) is 0 Å². The number of aromatic nitrogens is 2. The Labute approximate surface area is 93.4 Å². The first-order valence-corrected chi connectivity index (χ1v) is 5.39. The second-order valence-corrected chi connectivity index (χ2v) is 4.06. The van der Waals surface area contributed by atoms with Gasteiger partial charge in [0.25, 0.3) is 0 Å². The molecule has 0 aliphatic carbocycles. The molecule has 0 N–H and O–H groups in total. The van der Waals surface area contributed by atoms with Crippen molar-refractivity contribution in [1.29, 1.82) is 0 Å². The van der Waals surface area contributed by atoms with Crippen LogP contribution in [0.1, 0.15) is 30.3 Å². The first-order chi connectivity index (χ1) is 7.61. The number of nitro groups is 1. The van der Waals surface area contributed by atoms with Gasteiger partial charge in [0.15, 0.2) is 0 Å². The Kier molecular flexibility index (Phi) is 2.91. The monoisotopic (exact) mass is 225 g/mol. The third-order valence-corrected chi connectivity index (χ3v) is 3.01. The Balaban J connectivity index is 2.34. The highest BCUT2D eigenvalue weighted by atomic mass is 16.6. The summed E-state index contributed by atoms with van der Waals surface area (Å²) in [5.74, 6) is 0. The van der Waals surface area contributed by atoms with Gasteiger partial charge in [-0.1, -0.05) is 0 Å². The van der Waals surface area contributed by atoms with Crippen LogP contribution >= 0.6 is 0 Å². The highest BCUT2D eigenvalue weighted by Gasteiger charge is 2.26. The minimum Gasteiger partial charge on any atom is -0.381 e. The van der Waals surface area contributed by atoms with E-state index in [0.717, 1.165) is 12.8 Å². The number of ether oxygens (including phenoxy) is 1. The van der Waals surface area contributed by atoms with Crippen LogP contribution in [-0.4, -0.2) is 27.9 Å². The number of hydrogen-bond acceptors (Lipinski definition) is 4. The van der Waals surface area contributed by atoms with E-state index in [0.29, 0.717) is 24.6 Å². The summed E-state index contributed by atoms with van der Waals surface area (Å²) in [6, 6.07) is 0.237. The molecule has 1 aromatic rings. The van der Waals surface area contributed by atoms with Crippen molar-refractivity contribution in [3.05, 3.63) is 21.5 Å².